The molecule has 1 saturated heterocycles. The largest absolute Gasteiger partial charge is 0.377 e. The summed E-state index contributed by atoms with van der Waals surface area (Å²) in [7, 11) is 0. The molecule has 2 aliphatic carbocycles. The van der Waals surface area contributed by atoms with Gasteiger partial charge in [-0.15, -0.1) is 0 Å². The van der Waals surface area contributed by atoms with Crippen LogP contribution in [0.1, 0.15) is 77.0 Å². The fraction of sp³-hybridized carbons (Fsp3) is 1.00. The molecule has 1 atom stereocenters. The smallest absolute Gasteiger partial charge is 0.0817 e. The van der Waals surface area contributed by atoms with Gasteiger partial charge < -0.3 is 15.2 Å². The molecule has 0 aromatic carbocycles. The van der Waals surface area contributed by atoms with Crippen molar-refractivity contribution in [1.82, 2.24) is 0 Å². The summed E-state index contributed by atoms with van der Waals surface area (Å²) in [6, 6.07) is 0. The van der Waals surface area contributed by atoms with E-state index in [1.807, 2.05) is 0 Å². The molecule has 3 rings (SSSR count). The standard InChI is InChI=1S/C17H31NO2/c18-16(8-3-1-2-4-9-16)14-19-13-15-7-12-17(20-15)10-5-6-11-17/h15H,1-14,18H2. The van der Waals surface area contributed by atoms with E-state index in [-0.39, 0.29) is 11.1 Å². The lowest BCUT2D eigenvalue weighted by atomic mass is 9.92. The Morgan fingerprint density at radius 3 is 2.25 bits per heavy atom. The molecule has 2 N–H and O–H groups in total. The van der Waals surface area contributed by atoms with Gasteiger partial charge in [-0.1, -0.05) is 38.5 Å². The van der Waals surface area contributed by atoms with Crippen molar-refractivity contribution in [3.05, 3.63) is 0 Å². The Bertz CT molecular complexity index is 304. The monoisotopic (exact) mass is 281 g/mol. The van der Waals surface area contributed by atoms with Crippen molar-refractivity contribution in [2.45, 2.75) is 94.3 Å². The van der Waals surface area contributed by atoms with E-state index in [9.17, 15) is 0 Å². The third kappa shape index (κ3) is 3.55. The van der Waals surface area contributed by atoms with Crippen molar-refractivity contribution < 1.29 is 9.47 Å². The summed E-state index contributed by atoms with van der Waals surface area (Å²) in [5, 5.41) is 0. The van der Waals surface area contributed by atoms with Crippen LogP contribution < -0.4 is 5.73 Å². The number of rotatable bonds is 4. The molecule has 1 heterocycles. The van der Waals surface area contributed by atoms with Crippen molar-refractivity contribution in [3.8, 4) is 0 Å². The van der Waals surface area contributed by atoms with Crippen LogP contribution in [0.25, 0.3) is 0 Å². The van der Waals surface area contributed by atoms with Crippen LogP contribution in [-0.4, -0.2) is 30.5 Å². The van der Waals surface area contributed by atoms with Crippen LogP contribution in [0.5, 0.6) is 0 Å². The van der Waals surface area contributed by atoms with Gasteiger partial charge in [0.25, 0.3) is 0 Å². The highest BCUT2D eigenvalue weighted by atomic mass is 16.6. The molecule has 1 aliphatic heterocycles. The van der Waals surface area contributed by atoms with Crippen LogP contribution >= 0.6 is 0 Å². The van der Waals surface area contributed by atoms with Gasteiger partial charge in [0.1, 0.15) is 0 Å². The molecule has 3 fully saturated rings. The SMILES string of the molecule is NC1(COCC2CCC3(CCCC3)O2)CCCCCC1. The van der Waals surface area contributed by atoms with Crippen LogP contribution in [0.3, 0.4) is 0 Å². The molecular formula is C17H31NO2. The number of ether oxygens (including phenoxy) is 2. The minimum absolute atomic E-state index is 0.0693. The van der Waals surface area contributed by atoms with Crippen molar-refractivity contribution in [2.24, 2.45) is 5.73 Å². The minimum atomic E-state index is -0.0693. The Balaban J connectivity index is 1.39. The van der Waals surface area contributed by atoms with E-state index in [2.05, 4.69) is 0 Å². The van der Waals surface area contributed by atoms with Gasteiger partial charge in [-0.3, -0.25) is 0 Å². The summed E-state index contributed by atoms with van der Waals surface area (Å²) in [4.78, 5) is 0. The zero-order chi connectivity index (χ0) is 13.9. The fourth-order valence-electron chi connectivity index (χ4n) is 4.37. The first-order valence-corrected chi connectivity index (χ1v) is 8.74. The number of nitrogens with two attached hydrogens (primary N) is 1. The summed E-state index contributed by atoms with van der Waals surface area (Å²) < 4.78 is 12.3. The van der Waals surface area contributed by atoms with Crippen molar-refractivity contribution in [2.75, 3.05) is 13.2 Å². The number of hydrogen-bond donors (Lipinski definition) is 1. The Morgan fingerprint density at radius 1 is 0.900 bits per heavy atom. The predicted molar refractivity (Wildman–Crippen MR) is 80.7 cm³/mol. The van der Waals surface area contributed by atoms with E-state index in [0.29, 0.717) is 6.10 Å². The average molecular weight is 281 g/mol. The molecule has 3 aliphatic rings. The zero-order valence-electron chi connectivity index (χ0n) is 12.9. The van der Waals surface area contributed by atoms with Gasteiger partial charge in [-0.25, -0.2) is 0 Å². The second-order valence-electron chi connectivity index (χ2n) is 7.46. The van der Waals surface area contributed by atoms with Gasteiger partial charge in [-0.2, -0.15) is 0 Å². The van der Waals surface area contributed by atoms with E-state index in [1.54, 1.807) is 0 Å². The third-order valence-corrected chi connectivity index (χ3v) is 5.65. The van der Waals surface area contributed by atoms with Crippen LogP contribution in [0.4, 0.5) is 0 Å². The topological polar surface area (TPSA) is 44.5 Å². The zero-order valence-corrected chi connectivity index (χ0v) is 12.9. The van der Waals surface area contributed by atoms with Gasteiger partial charge in [-0.05, 0) is 38.5 Å². The van der Waals surface area contributed by atoms with E-state index >= 15 is 0 Å². The van der Waals surface area contributed by atoms with Crippen molar-refractivity contribution >= 4 is 0 Å². The molecule has 20 heavy (non-hydrogen) atoms. The molecule has 0 bridgehead atoms. The molecule has 2 saturated carbocycles. The first-order chi connectivity index (χ1) is 9.70. The summed E-state index contributed by atoms with van der Waals surface area (Å²) >= 11 is 0. The second-order valence-corrected chi connectivity index (χ2v) is 7.46. The van der Waals surface area contributed by atoms with Gasteiger partial charge >= 0.3 is 0 Å². The molecule has 1 unspecified atom stereocenters. The maximum absolute atomic E-state index is 6.49. The summed E-state index contributed by atoms with van der Waals surface area (Å²) in [6.45, 7) is 1.47. The van der Waals surface area contributed by atoms with Crippen LogP contribution in [0.2, 0.25) is 0 Å². The molecule has 0 aromatic rings. The van der Waals surface area contributed by atoms with Gasteiger partial charge in [0.2, 0.25) is 0 Å². The third-order valence-electron chi connectivity index (χ3n) is 5.65. The summed E-state index contributed by atoms with van der Waals surface area (Å²) in [5.41, 5.74) is 6.66. The molecular weight excluding hydrogens is 250 g/mol. The fourth-order valence-corrected chi connectivity index (χ4v) is 4.37. The van der Waals surface area contributed by atoms with Crippen LogP contribution in [-0.2, 0) is 9.47 Å². The van der Waals surface area contributed by atoms with Gasteiger partial charge in [0.05, 0.1) is 24.9 Å². The number of hydrogen-bond acceptors (Lipinski definition) is 3. The Labute approximate surface area is 123 Å². The highest BCUT2D eigenvalue weighted by molar-refractivity contribution is 4.93. The van der Waals surface area contributed by atoms with Gasteiger partial charge in [0.15, 0.2) is 0 Å². The first kappa shape index (κ1) is 14.8. The highest BCUT2D eigenvalue weighted by Crippen LogP contribution is 2.43. The van der Waals surface area contributed by atoms with E-state index < -0.39 is 0 Å². The Kier molecular flexibility index (Phi) is 4.68. The second kappa shape index (κ2) is 6.33. The minimum Gasteiger partial charge on any atom is -0.377 e. The van der Waals surface area contributed by atoms with Crippen molar-refractivity contribution in [1.29, 1.82) is 0 Å². The molecule has 1 spiro atoms. The van der Waals surface area contributed by atoms with E-state index in [1.165, 1.54) is 64.2 Å². The highest BCUT2D eigenvalue weighted by Gasteiger charge is 2.42. The van der Waals surface area contributed by atoms with E-state index in [4.69, 9.17) is 15.2 Å². The summed E-state index contributed by atoms with van der Waals surface area (Å²) in [6.07, 6.45) is 15.4. The normalized spacial score (nSPS) is 32.5. The lowest BCUT2D eigenvalue weighted by molar-refractivity contribution is -0.0735. The Hall–Kier alpha value is -0.120. The van der Waals surface area contributed by atoms with Crippen molar-refractivity contribution in [3.63, 3.8) is 0 Å². The summed E-state index contributed by atoms with van der Waals surface area (Å²) in [5.74, 6) is 0. The Morgan fingerprint density at radius 2 is 1.55 bits per heavy atom. The first-order valence-electron chi connectivity index (χ1n) is 8.74. The van der Waals surface area contributed by atoms with Crippen LogP contribution in [0, 0.1) is 0 Å². The average Bonchev–Trinajstić information content (AvgIpc) is 2.99. The van der Waals surface area contributed by atoms with Crippen LogP contribution in [0.15, 0.2) is 0 Å². The molecule has 0 amide bonds. The quantitative estimate of drug-likeness (QED) is 0.802. The van der Waals surface area contributed by atoms with E-state index in [0.717, 1.165) is 26.1 Å². The van der Waals surface area contributed by atoms with Gasteiger partial charge in [0, 0.05) is 5.54 Å². The predicted octanol–water partition coefficient (Wildman–Crippen LogP) is 3.55. The molecule has 3 heteroatoms. The molecule has 3 nitrogen and oxygen atoms in total. The lowest BCUT2D eigenvalue weighted by Gasteiger charge is -2.29. The molecule has 116 valence electrons. The molecule has 0 radical (unpaired) electrons. The molecule has 0 aromatic heterocycles. The maximum Gasteiger partial charge on any atom is 0.0817 e. The maximum atomic E-state index is 6.49. The lowest BCUT2D eigenvalue weighted by Crippen LogP contribution is -2.44.